The Balaban J connectivity index is 1.75. The third-order valence-electron chi connectivity index (χ3n) is 5.01. The molecule has 150 valence electrons. The Labute approximate surface area is 163 Å². The minimum atomic E-state index is -0.102. The summed E-state index contributed by atoms with van der Waals surface area (Å²) in [4.78, 5) is 30.0. The van der Waals surface area contributed by atoms with Crippen molar-refractivity contribution in [3.05, 3.63) is 29.8 Å². The second-order valence-electron chi connectivity index (χ2n) is 7.42. The minimum Gasteiger partial charge on any atom is -0.494 e. The van der Waals surface area contributed by atoms with Gasteiger partial charge in [0.2, 0.25) is 5.91 Å². The number of carbonyl (C=O) groups excluding carboxylic acids is 2. The number of likely N-dealkylation sites (tertiary alicyclic amines) is 1. The van der Waals surface area contributed by atoms with Crippen molar-refractivity contribution in [3.8, 4) is 5.75 Å². The SMILES string of the molecule is CCc1cccc(OCCCN(C)C(=O)[C@@H]2CCCN(C(=O)N(C)C)C2)c1. The fourth-order valence-electron chi connectivity index (χ4n) is 3.40. The minimum absolute atomic E-state index is 0.0159. The standard InChI is InChI=1S/C21H33N3O3/c1-5-17-9-6-11-19(15-17)27-14-8-12-23(4)20(25)18-10-7-13-24(16-18)21(26)22(2)3/h6,9,11,15,18H,5,7-8,10,12-14,16H2,1-4H3/t18-/m1/s1. The number of aryl methyl sites for hydroxylation is 1. The van der Waals surface area contributed by atoms with Gasteiger partial charge in [-0.1, -0.05) is 19.1 Å². The number of rotatable bonds is 7. The molecule has 27 heavy (non-hydrogen) atoms. The Bertz CT molecular complexity index is 633. The molecule has 1 aliphatic heterocycles. The molecule has 1 aromatic rings. The molecule has 6 heteroatoms. The summed E-state index contributed by atoms with van der Waals surface area (Å²) in [5.41, 5.74) is 1.26. The lowest BCUT2D eigenvalue weighted by molar-refractivity contribution is -0.135. The van der Waals surface area contributed by atoms with Crippen LogP contribution in [-0.4, -0.2) is 74.0 Å². The molecule has 0 radical (unpaired) electrons. The van der Waals surface area contributed by atoms with Crippen LogP contribution >= 0.6 is 0 Å². The largest absolute Gasteiger partial charge is 0.494 e. The number of hydrogen-bond donors (Lipinski definition) is 0. The van der Waals surface area contributed by atoms with Crippen molar-refractivity contribution in [1.29, 1.82) is 0 Å². The number of amides is 3. The van der Waals surface area contributed by atoms with Gasteiger partial charge in [-0.3, -0.25) is 4.79 Å². The van der Waals surface area contributed by atoms with Gasteiger partial charge < -0.3 is 19.4 Å². The normalized spacial score (nSPS) is 16.7. The van der Waals surface area contributed by atoms with E-state index in [1.165, 1.54) is 5.56 Å². The van der Waals surface area contributed by atoms with Gasteiger partial charge in [0.05, 0.1) is 12.5 Å². The average Bonchev–Trinajstić information content (AvgIpc) is 2.70. The number of benzene rings is 1. The molecular weight excluding hydrogens is 342 g/mol. The molecule has 0 bridgehead atoms. The Morgan fingerprint density at radius 1 is 1.26 bits per heavy atom. The number of hydrogen-bond acceptors (Lipinski definition) is 3. The lowest BCUT2D eigenvalue weighted by Gasteiger charge is -2.35. The highest BCUT2D eigenvalue weighted by Crippen LogP contribution is 2.19. The maximum atomic E-state index is 12.7. The molecule has 3 amide bonds. The maximum Gasteiger partial charge on any atom is 0.319 e. The summed E-state index contributed by atoms with van der Waals surface area (Å²) in [5.74, 6) is 0.905. The van der Waals surface area contributed by atoms with E-state index in [0.717, 1.165) is 38.0 Å². The van der Waals surface area contributed by atoms with Crippen molar-refractivity contribution < 1.29 is 14.3 Å². The highest BCUT2D eigenvalue weighted by Gasteiger charge is 2.30. The quantitative estimate of drug-likeness (QED) is 0.689. The molecule has 1 fully saturated rings. The lowest BCUT2D eigenvalue weighted by atomic mass is 9.97. The molecule has 1 atom stereocenters. The first-order valence-electron chi connectivity index (χ1n) is 9.85. The summed E-state index contributed by atoms with van der Waals surface area (Å²) in [6.07, 6.45) is 3.50. The molecule has 1 aromatic carbocycles. The van der Waals surface area contributed by atoms with E-state index >= 15 is 0 Å². The van der Waals surface area contributed by atoms with Crippen LogP contribution in [0.4, 0.5) is 4.79 Å². The van der Waals surface area contributed by atoms with Crippen molar-refractivity contribution >= 4 is 11.9 Å². The fourth-order valence-corrected chi connectivity index (χ4v) is 3.40. The van der Waals surface area contributed by atoms with E-state index in [4.69, 9.17) is 4.74 Å². The molecule has 0 saturated carbocycles. The maximum absolute atomic E-state index is 12.7. The van der Waals surface area contributed by atoms with Crippen LogP contribution in [0.15, 0.2) is 24.3 Å². The number of carbonyl (C=O) groups is 2. The smallest absolute Gasteiger partial charge is 0.319 e. The third-order valence-corrected chi connectivity index (χ3v) is 5.01. The van der Waals surface area contributed by atoms with E-state index in [2.05, 4.69) is 19.1 Å². The van der Waals surface area contributed by atoms with Crippen molar-refractivity contribution in [3.63, 3.8) is 0 Å². The van der Waals surface area contributed by atoms with Crippen molar-refractivity contribution in [2.45, 2.75) is 32.6 Å². The first-order valence-corrected chi connectivity index (χ1v) is 9.85. The Hall–Kier alpha value is -2.24. The summed E-state index contributed by atoms with van der Waals surface area (Å²) in [6, 6.07) is 8.11. The van der Waals surface area contributed by atoms with Crippen LogP contribution in [0.2, 0.25) is 0 Å². The molecule has 0 aromatic heterocycles. The topological polar surface area (TPSA) is 53.1 Å². The number of urea groups is 1. The molecule has 1 saturated heterocycles. The monoisotopic (exact) mass is 375 g/mol. The first-order chi connectivity index (χ1) is 12.9. The van der Waals surface area contributed by atoms with Crippen LogP contribution in [0.5, 0.6) is 5.75 Å². The van der Waals surface area contributed by atoms with Gasteiger partial charge in [-0.2, -0.15) is 0 Å². The van der Waals surface area contributed by atoms with Gasteiger partial charge in [-0.25, -0.2) is 4.79 Å². The molecule has 1 aliphatic rings. The molecular formula is C21H33N3O3. The summed E-state index contributed by atoms with van der Waals surface area (Å²) in [7, 11) is 5.33. The van der Waals surface area contributed by atoms with Gasteiger partial charge in [0, 0.05) is 40.8 Å². The molecule has 6 nitrogen and oxygen atoms in total. The van der Waals surface area contributed by atoms with Crippen LogP contribution in [0, 0.1) is 5.92 Å². The van der Waals surface area contributed by atoms with Gasteiger partial charge in [0.25, 0.3) is 0 Å². The number of ether oxygens (including phenoxy) is 1. The zero-order valence-electron chi connectivity index (χ0n) is 17.1. The van der Waals surface area contributed by atoms with E-state index in [9.17, 15) is 9.59 Å². The van der Waals surface area contributed by atoms with Crippen molar-refractivity contribution in [1.82, 2.24) is 14.7 Å². The summed E-state index contributed by atoms with van der Waals surface area (Å²) < 4.78 is 5.80. The molecule has 0 aliphatic carbocycles. The second kappa shape index (κ2) is 10.2. The van der Waals surface area contributed by atoms with Gasteiger partial charge in [-0.05, 0) is 43.4 Å². The van der Waals surface area contributed by atoms with Crippen LogP contribution in [0.3, 0.4) is 0 Å². The van der Waals surface area contributed by atoms with E-state index in [1.54, 1.807) is 28.8 Å². The van der Waals surface area contributed by atoms with Gasteiger partial charge in [0.15, 0.2) is 0 Å². The summed E-state index contributed by atoms with van der Waals surface area (Å²) in [5, 5.41) is 0. The number of nitrogens with zero attached hydrogens (tertiary/aromatic N) is 3. The van der Waals surface area contributed by atoms with Gasteiger partial charge >= 0.3 is 6.03 Å². The third kappa shape index (κ3) is 6.15. The van der Waals surface area contributed by atoms with Gasteiger partial charge in [-0.15, -0.1) is 0 Å². The molecule has 0 spiro atoms. The van der Waals surface area contributed by atoms with Crippen LogP contribution in [-0.2, 0) is 11.2 Å². The zero-order valence-corrected chi connectivity index (χ0v) is 17.1. The Morgan fingerprint density at radius 2 is 2.04 bits per heavy atom. The van der Waals surface area contributed by atoms with Crippen LogP contribution in [0.1, 0.15) is 31.7 Å². The highest BCUT2D eigenvalue weighted by molar-refractivity contribution is 5.80. The molecule has 0 N–H and O–H groups in total. The summed E-state index contributed by atoms with van der Waals surface area (Å²) in [6.45, 7) is 4.61. The Morgan fingerprint density at radius 3 is 2.74 bits per heavy atom. The van der Waals surface area contributed by atoms with Crippen molar-refractivity contribution in [2.24, 2.45) is 5.92 Å². The van der Waals surface area contributed by atoms with E-state index in [1.807, 2.05) is 19.2 Å². The first kappa shape index (κ1) is 21.1. The summed E-state index contributed by atoms with van der Waals surface area (Å²) >= 11 is 0. The van der Waals surface area contributed by atoms with E-state index < -0.39 is 0 Å². The fraction of sp³-hybridized carbons (Fsp3) is 0.619. The Kier molecular flexibility index (Phi) is 7.95. The molecule has 0 unspecified atom stereocenters. The van der Waals surface area contributed by atoms with Crippen molar-refractivity contribution in [2.75, 3.05) is 47.4 Å². The predicted octanol–water partition coefficient (Wildman–Crippen LogP) is 2.87. The van der Waals surface area contributed by atoms with E-state index in [0.29, 0.717) is 19.7 Å². The lowest BCUT2D eigenvalue weighted by Crippen LogP contribution is -2.48. The molecule has 1 heterocycles. The average molecular weight is 376 g/mol. The van der Waals surface area contributed by atoms with Crippen LogP contribution < -0.4 is 4.74 Å². The second-order valence-corrected chi connectivity index (χ2v) is 7.42. The molecule has 2 rings (SSSR count). The van der Waals surface area contributed by atoms with Gasteiger partial charge in [0.1, 0.15) is 5.75 Å². The predicted molar refractivity (Wildman–Crippen MR) is 107 cm³/mol. The zero-order chi connectivity index (χ0) is 19.8. The van der Waals surface area contributed by atoms with E-state index in [-0.39, 0.29) is 17.9 Å². The highest BCUT2D eigenvalue weighted by atomic mass is 16.5. The van der Waals surface area contributed by atoms with Crippen LogP contribution in [0.25, 0.3) is 0 Å². The number of piperidine rings is 1.